The van der Waals surface area contributed by atoms with E-state index in [1.165, 1.54) is 12.1 Å². The predicted molar refractivity (Wildman–Crippen MR) is 228 cm³/mol. The Morgan fingerprint density at radius 1 is 0.905 bits per heavy atom. The first-order valence-corrected chi connectivity index (χ1v) is 21.2. The molecule has 0 spiro atoms. The van der Waals surface area contributed by atoms with Gasteiger partial charge in [0, 0.05) is 44.6 Å². The van der Waals surface area contributed by atoms with Crippen LogP contribution in [0.1, 0.15) is 75.6 Å². The van der Waals surface area contributed by atoms with Crippen LogP contribution in [0.2, 0.25) is 0 Å². The number of anilines is 1. The van der Waals surface area contributed by atoms with E-state index >= 15 is 0 Å². The minimum Gasteiger partial charge on any atom is -0.491 e. The molecule has 63 heavy (non-hydrogen) atoms. The minimum absolute atomic E-state index is 0.00593. The average Bonchev–Trinajstić information content (AvgIpc) is 3.80. The largest absolute Gasteiger partial charge is 0.491 e. The number of rotatable bonds is 15. The number of carbonyl (C=O) groups excluding carboxylic acids is 7. The van der Waals surface area contributed by atoms with Gasteiger partial charge in [-0.25, -0.2) is 4.68 Å². The lowest BCUT2D eigenvalue weighted by molar-refractivity contribution is -0.136. The molecule has 4 aromatic rings. The maximum Gasteiger partial charge on any atom is 0.266 e. The van der Waals surface area contributed by atoms with Crippen LogP contribution in [0.15, 0.2) is 72.8 Å². The molecule has 5 heterocycles. The number of ether oxygens (including phenoxy) is 2. The van der Waals surface area contributed by atoms with Crippen molar-refractivity contribution >= 4 is 47.2 Å². The quantitative estimate of drug-likeness (QED) is 0.100. The molecule has 0 bridgehead atoms. The molecule has 18 nitrogen and oxygen atoms in total. The molecule has 3 aromatic carbocycles. The van der Waals surface area contributed by atoms with Gasteiger partial charge in [-0.3, -0.25) is 48.7 Å². The van der Waals surface area contributed by atoms with Crippen molar-refractivity contribution in [1.29, 1.82) is 0 Å². The molecule has 1 unspecified atom stereocenters. The van der Waals surface area contributed by atoms with Crippen molar-refractivity contribution in [1.82, 2.24) is 35.1 Å². The maximum absolute atomic E-state index is 13.3. The molecule has 0 aliphatic carbocycles. The topological polar surface area (TPSA) is 228 Å². The second-order valence-electron chi connectivity index (χ2n) is 16.1. The number of likely N-dealkylation sites (tertiary alicyclic amines) is 1. The lowest BCUT2D eigenvalue weighted by Crippen LogP contribution is -2.54. The van der Waals surface area contributed by atoms with Gasteiger partial charge in [0.05, 0.1) is 30.3 Å². The van der Waals surface area contributed by atoms with Gasteiger partial charge >= 0.3 is 0 Å². The summed E-state index contributed by atoms with van der Waals surface area (Å²) in [5.74, 6) is -0.927. The Morgan fingerprint density at radius 2 is 1.65 bits per heavy atom. The molecule has 7 amide bonds. The highest BCUT2D eigenvalue weighted by Gasteiger charge is 2.46. The van der Waals surface area contributed by atoms with Gasteiger partial charge in [0.25, 0.3) is 17.7 Å². The number of hydrogen-bond acceptors (Lipinski definition) is 12. The zero-order valence-corrected chi connectivity index (χ0v) is 34.8. The minimum atomic E-state index is -1.09. The Balaban J connectivity index is 0.778. The molecule has 2 saturated heterocycles. The molecule has 4 aliphatic heterocycles. The maximum atomic E-state index is 13.3. The van der Waals surface area contributed by atoms with Crippen molar-refractivity contribution in [3.8, 4) is 28.5 Å². The average molecular weight is 860 g/mol. The van der Waals surface area contributed by atoms with Crippen LogP contribution >= 0.6 is 0 Å². The van der Waals surface area contributed by atoms with Crippen molar-refractivity contribution in [2.75, 3.05) is 58.2 Å². The van der Waals surface area contributed by atoms with Gasteiger partial charge in [-0.05, 0) is 87.2 Å². The first-order chi connectivity index (χ1) is 30.5. The fourth-order valence-electron chi connectivity index (χ4n) is 8.79. The van der Waals surface area contributed by atoms with E-state index in [2.05, 4.69) is 16.0 Å². The fourth-order valence-corrected chi connectivity index (χ4v) is 8.79. The normalized spacial score (nSPS) is 18.7. The highest BCUT2D eigenvalue weighted by Crippen LogP contribution is 2.40. The summed E-state index contributed by atoms with van der Waals surface area (Å²) in [4.78, 5) is 93.8. The SMILES string of the molecule is CN(CCC(=O)N1CCC([C@@H]2CCNc3c(C(N)=O)c(-c4ccc(Oc5ccccc5)cc4)nn32)CC1)CC(=O)NCCOc1cccc2c1C(=O)N(C1CCC(=O)NC1=O)C2=O. The van der Waals surface area contributed by atoms with E-state index in [-0.39, 0.29) is 79.6 Å². The summed E-state index contributed by atoms with van der Waals surface area (Å²) in [5.41, 5.74) is 7.68. The summed E-state index contributed by atoms with van der Waals surface area (Å²) in [6.07, 6.45) is 2.67. The third kappa shape index (κ3) is 9.11. The number of para-hydroxylation sites is 1. The van der Waals surface area contributed by atoms with Crippen LogP contribution in [0.5, 0.6) is 17.2 Å². The van der Waals surface area contributed by atoms with E-state index < -0.39 is 35.6 Å². The van der Waals surface area contributed by atoms with Crippen LogP contribution < -0.4 is 31.2 Å². The molecule has 4 aliphatic rings. The van der Waals surface area contributed by atoms with Crippen molar-refractivity contribution in [3.63, 3.8) is 0 Å². The lowest BCUT2D eigenvalue weighted by atomic mass is 9.86. The number of aromatic nitrogens is 2. The number of nitrogens with two attached hydrogens (primary N) is 1. The molecule has 328 valence electrons. The van der Waals surface area contributed by atoms with Gasteiger partial charge < -0.3 is 30.7 Å². The number of hydrogen-bond donors (Lipinski definition) is 4. The molecule has 1 aromatic heterocycles. The van der Waals surface area contributed by atoms with E-state index in [1.54, 1.807) is 18.0 Å². The molecule has 0 radical (unpaired) electrons. The Hall–Kier alpha value is -7.08. The third-order valence-corrected chi connectivity index (χ3v) is 12.0. The molecule has 0 saturated carbocycles. The Morgan fingerprint density at radius 3 is 2.38 bits per heavy atom. The van der Waals surface area contributed by atoms with E-state index in [1.807, 2.05) is 64.2 Å². The zero-order valence-electron chi connectivity index (χ0n) is 34.8. The second kappa shape index (κ2) is 18.5. The number of amides is 7. The molecule has 8 rings (SSSR count). The van der Waals surface area contributed by atoms with Gasteiger partial charge in [-0.1, -0.05) is 24.3 Å². The zero-order chi connectivity index (χ0) is 44.2. The Labute approximate surface area is 363 Å². The summed E-state index contributed by atoms with van der Waals surface area (Å²) in [5, 5.41) is 13.3. The van der Waals surface area contributed by atoms with Crippen LogP contribution in [0, 0.1) is 5.92 Å². The molecule has 2 fully saturated rings. The summed E-state index contributed by atoms with van der Waals surface area (Å²) >= 11 is 0. The second-order valence-corrected chi connectivity index (χ2v) is 16.1. The first kappa shape index (κ1) is 42.6. The number of carbonyl (C=O) groups is 7. The molecule has 5 N–H and O–H groups in total. The molecular formula is C45H49N9O9. The van der Waals surface area contributed by atoms with Crippen LogP contribution in [-0.4, -0.2) is 125 Å². The van der Waals surface area contributed by atoms with Crippen LogP contribution in [0.3, 0.4) is 0 Å². The fraction of sp³-hybridized carbons (Fsp3) is 0.378. The van der Waals surface area contributed by atoms with E-state index in [0.717, 1.165) is 29.7 Å². The van der Waals surface area contributed by atoms with Gasteiger partial charge in [-0.2, -0.15) is 5.10 Å². The number of nitrogens with one attached hydrogen (secondary N) is 3. The lowest BCUT2D eigenvalue weighted by Gasteiger charge is -2.38. The highest BCUT2D eigenvalue weighted by molar-refractivity contribution is 6.24. The predicted octanol–water partition coefficient (Wildman–Crippen LogP) is 2.95. The summed E-state index contributed by atoms with van der Waals surface area (Å²) < 4.78 is 13.7. The van der Waals surface area contributed by atoms with Crippen LogP contribution in [0.4, 0.5) is 5.82 Å². The van der Waals surface area contributed by atoms with Crippen molar-refractivity contribution < 1.29 is 43.0 Å². The Kier molecular flexibility index (Phi) is 12.5. The summed E-state index contributed by atoms with van der Waals surface area (Å²) in [6.45, 7) is 2.39. The van der Waals surface area contributed by atoms with Gasteiger partial charge in [0.1, 0.15) is 47.0 Å². The van der Waals surface area contributed by atoms with Gasteiger partial charge in [0.2, 0.25) is 23.6 Å². The molecular weight excluding hydrogens is 811 g/mol. The monoisotopic (exact) mass is 859 g/mol. The standard InChI is InChI=1S/C45H49N9O9/c1-51(26-36(56)47-21-25-62-34-9-5-8-31-38(34)45(61)53(44(31)60)33-14-15-35(55)49-43(33)59)22-19-37(57)52-23-17-27(18-24-52)32-16-20-48-42-39(41(46)58)40(50-54(32)42)28-10-12-30(13-11-28)63-29-6-3-2-4-7-29/h2-13,27,32-33,48H,14-26H2,1H3,(H2,46,58)(H,47,56)(H,49,55,59)/t32-,33?/m0/s1. The van der Waals surface area contributed by atoms with Gasteiger partial charge in [-0.15, -0.1) is 0 Å². The molecule has 18 heteroatoms. The van der Waals surface area contributed by atoms with Crippen LogP contribution in [-0.2, 0) is 19.2 Å². The van der Waals surface area contributed by atoms with Crippen LogP contribution in [0.25, 0.3) is 11.3 Å². The van der Waals surface area contributed by atoms with E-state index in [9.17, 15) is 33.6 Å². The number of primary amides is 1. The van der Waals surface area contributed by atoms with Crippen molar-refractivity contribution in [3.05, 3.63) is 89.5 Å². The van der Waals surface area contributed by atoms with Crippen molar-refractivity contribution in [2.45, 2.75) is 50.6 Å². The van der Waals surface area contributed by atoms with E-state index in [4.69, 9.17) is 20.3 Å². The number of imide groups is 2. The first-order valence-electron chi connectivity index (χ1n) is 21.2. The van der Waals surface area contributed by atoms with E-state index in [0.29, 0.717) is 54.8 Å². The Bertz CT molecular complexity index is 2430. The third-order valence-electron chi connectivity index (χ3n) is 12.0. The number of nitrogens with zero attached hydrogens (tertiary/aromatic N) is 5. The van der Waals surface area contributed by atoms with Crippen molar-refractivity contribution in [2.24, 2.45) is 11.7 Å². The smallest absolute Gasteiger partial charge is 0.266 e. The number of benzene rings is 3. The highest BCUT2D eigenvalue weighted by atomic mass is 16.5. The molecule has 2 atom stereocenters. The number of fused-ring (bicyclic) bond motifs is 2. The summed E-state index contributed by atoms with van der Waals surface area (Å²) in [7, 11) is 1.76. The number of piperidine rings is 2. The van der Waals surface area contributed by atoms with Gasteiger partial charge in [0.15, 0.2) is 0 Å². The summed E-state index contributed by atoms with van der Waals surface area (Å²) in [6, 6.07) is 20.4. The number of likely N-dealkylation sites (N-methyl/N-ethyl adjacent to an activating group) is 1.